The van der Waals surface area contributed by atoms with E-state index in [0.717, 1.165) is 15.8 Å². The molecule has 8 heteroatoms. The fourth-order valence-electron chi connectivity index (χ4n) is 3.04. The average Bonchev–Trinajstić information content (AvgIpc) is 3.03. The van der Waals surface area contributed by atoms with E-state index in [1.54, 1.807) is 0 Å². The molecule has 4 rings (SSSR count). The normalized spacial score (nSPS) is 16.6. The molecule has 0 aliphatic carbocycles. The summed E-state index contributed by atoms with van der Waals surface area (Å²) in [6, 6.07) is 4.58. The van der Waals surface area contributed by atoms with E-state index in [9.17, 15) is 9.18 Å². The molecule has 1 atom stereocenters. The molecule has 0 spiro atoms. The minimum absolute atomic E-state index is 0.00252. The number of fused-ring (bicyclic) bond motifs is 2. The molecule has 1 aliphatic rings. The summed E-state index contributed by atoms with van der Waals surface area (Å²) < 4.78 is 21.4. The third kappa shape index (κ3) is 2.60. The summed E-state index contributed by atoms with van der Waals surface area (Å²) in [5.41, 5.74) is 1.96. The summed E-state index contributed by atoms with van der Waals surface area (Å²) in [4.78, 5) is 19.5. The molecule has 1 aliphatic heterocycles. The van der Waals surface area contributed by atoms with E-state index >= 15 is 0 Å². The molecule has 2 N–H and O–H groups in total. The number of nitrogens with zero attached hydrogens (tertiary/aromatic N) is 3. The molecular formula is C17H15FN4O3. The van der Waals surface area contributed by atoms with E-state index < -0.39 is 11.9 Å². The summed E-state index contributed by atoms with van der Waals surface area (Å²) >= 11 is 0. The van der Waals surface area contributed by atoms with Gasteiger partial charge in [0.1, 0.15) is 6.33 Å². The van der Waals surface area contributed by atoms with Crippen LogP contribution in [0.1, 0.15) is 18.2 Å². The third-order valence-corrected chi connectivity index (χ3v) is 4.31. The van der Waals surface area contributed by atoms with E-state index in [1.807, 2.05) is 6.92 Å². The van der Waals surface area contributed by atoms with Gasteiger partial charge in [-0.05, 0) is 31.5 Å². The van der Waals surface area contributed by atoms with Gasteiger partial charge in [0.05, 0.1) is 11.2 Å². The van der Waals surface area contributed by atoms with Crippen molar-refractivity contribution < 1.29 is 19.0 Å². The lowest BCUT2D eigenvalue weighted by Gasteiger charge is -2.23. The molecule has 0 unspecified atom stereocenters. The third-order valence-electron chi connectivity index (χ3n) is 4.31. The van der Waals surface area contributed by atoms with Gasteiger partial charge in [0, 0.05) is 29.7 Å². The van der Waals surface area contributed by atoms with Crippen LogP contribution in [0.4, 0.5) is 9.18 Å². The standard InChI is InChI=1S/C17H15FN4O3/c1-9-6-11-12(7-19-9)20-8-21-16(11)25-14-3-2-13-10(15(14)18)4-5-22(13)17(23)24/h2-5,8-9,19H,6-7H2,1H3,(H,23,24)/t9-/m1/s1. The zero-order valence-corrected chi connectivity index (χ0v) is 13.4. The van der Waals surface area contributed by atoms with Gasteiger partial charge >= 0.3 is 6.09 Å². The van der Waals surface area contributed by atoms with Gasteiger partial charge in [-0.3, -0.25) is 4.57 Å². The van der Waals surface area contributed by atoms with Crippen molar-refractivity contribution in [2.45, 2.75) is 25.9 Å². The van der Waals surface area contributed by atoms with E-state index in [4.69, 9.17) is 9.84 Å². The quantitative estimate of drug-likeness (QED) is 0.744. The predicted molar refractivity (Wildman–Crippen MR) is 87.4 cm³/mol. The molecule has 3 heterocycles. The van der Waals surface area contributed by atoms with Crippen molar-refractivity contribution >= 4 is 17.0 Å². The number of hydrogen-bond acceptors (Lipinski definition) is 5. The first-order valence-electron chi connectivity index (χ1n) is 7.81. The van der Waals surface area contributed by atoms with Crippen LogP contribution in [0.15, 0.2) is 30.7 Å². The number of ether oxygens (including phenoxy) is 1. The van der Waals surface area contributed by atoms with E-state index in [0.29, 0.717) is 18.8 Å². The van der Waals surface area contributed by atoms with Crippen molar-refractivity contribution in [1.29, 1.82) is 0 Å². The van der Waals surface area contributed by atoms with Crippen molar-refractivity contribution in [3.63, 3.8) is 0 Å². The zero-order chi connectivity index (χ0) is 17.6. The molecule has 2 aromatic heterocycles. The highest BCUT2D eigenvalue weighted by atomic mass is 19.1. The lowest BCUT2D eigenvalue weighted by Crippen LogP contribution is -2.33. The fourth-order valence-corrected chi connectivity index (χ4v) is 3.04. The first kappa shape index (κ1) is 15.5. The molecule has 128 valence electrons. The smallest absolute Gasteiger partial charge is 0.416 e. The Hall–Kier alpha value is -3.00. The Bertz CT molecular complexity index is 985. The van der Waals surface area contributed by atoms with Gasteiger partial charge in [0.2, 0.25) is 5.88 Å². The summed E-state index contributed by atoms with van der Waals surface area (Å²) in [6.07, 6.45) is 2.21. The number of halogens is 1. The highest BCUT2D eigenvalue weighted by Gasteiger charge is 2.22. The number of carboxylic acid groups (broad SMARTS) is 1. The van der Waals surface area contributed by atoms with Gasteiger partial charge in [0.15, 0.2) is 11.6 Å². The molecule has 25 heavy (non-hydrogen) atoms. The Morgan fingerprint density at radius 3 is 3.04 bits per heavy atom. The Balaban J connectivity index is 1.75. The molecule has 7 nitrogen and oxygen atoms in total. The molecular weight excluding hydrogens is 327 g/mol. The van der Waals surface area contributed by atoms with Crippen LogP contribution >= 0.6 is 0 Å². The van der Waals surface area contributed by atoms with Crippen molar-refractivity contribution in [1.82, 2.24) is 19.9 Å². The van der Waals surface area contributed by atoms with E-state index in [1.165, 1.54) is 30.7 Å². The van der Waals surface area contributed by atoms with E-state index in [2.05, 4.69) is 15.3 Å². The molecule has 0 amide bonds. The van der Waals surface area contributed by atoms with Crippen molar-refractivity contribution in [3.8, 4) is 11.6 Å². The van der Waals surface area contributed by atoms with Crippen LogP contribution in [-0.4, -0.2) is 31.8 Å². The molecule has 0 saturated carbocycles. The van der Waals surface area contributed by atoms with Crippen molar-refractivity contribution in [2.75, 3.05) is 0 Å². The topological polar surface area (TPSA) is 89.3 Å². The fraction of sp³-hybridized carbons (Fsp3) is 0.235. The van der Waals surface area contributed by atoms with Crippen LogP contribution in [0.2, 0.25) is 0 Å². The number of rotatable bonds is 2. The van der Waals surface area contributed by atoms with Gasteiger partial charge in [-0.15, -0.1) is 0 Å². The Labute approximate surface area is 142 Å². The Morgan fingerprint density at radius 2 is 2.24 bits per heavy atom. The molecule has 3 aromatic rings. The van der Waals surface area contributed by atoms with Crippen molar-refractivity contribution in [2.24, 2.45) is 0 Å². The van der Waals surface area contributed by atoms with Crippen molar-refractivity contribution in [3.05, 3.63) is 47.8 Å². The van der Waals surface area contributed by atoms with Crippen LogP contribution in [0.25, 0.3) is 10.9 Å². The van der Waals surface area contributed by atoms with Crippen LogP contribution in [0, 0.1) is 5.82 Å². The van der Waals surface area contributed by atoms with Gasteiger partial charge in [-0.1, -0.05) is 0 Å². The first-order valence-corrected chi connectivity index (χ1v) is 7.81. The van der Waals surface area contributed by atoms with Gasteiger partial charge in [0.25, 0.3) is 0 Å². The second-order valence-corrected chi connectivity index (χ2v) is 5.97. The second kappa shape index (κ2) is 5.82. The first-order chi connectivity index (χ1) is 12.0. The average molecular weight is 342 g/mol. The van der Waals surface area contributed by atoms with Gasteiger partial charge < -0.3 is 15.2 Å². The lowest BCUT2D eigenvalue weighted by atomic mass is 10.0. The van der Waals surface area contributed by atoms with Gasteiger partial charge in [-0.25, -0.2) is 19.2 Å². The minimum Gasteiger partial charge on any atom is -0.464 e. The second-order valence-electron chi connectivity index (χ2n) is 5.97. The highest BCUT2D eigenvalue weighted by Crippen LogP contribution is 2.32. The largest absolute Gasteiger partial charge is 0.464 e. The predicted octanol–water partition coefficient (Wildman–Crippen LogP) is 2.92. The number of hydrogen-bond donors (Lipinski definition) is 2. The van der Waals surface area contributed by atoms with Crippen LogP contribution in [-0.2, 0) is 13.0 Å². The highest BCUT2D eigenvalue weighted by molar-refractivity contribution is 5.90. The van der Waals surface area contributed by atoms with E-state index in [-0.39, 0.29) is 22.7 Å². The summed E-state index contributed by atoms with van der Waals surface area (Å²) in [5.74, 6) is -0.288. The van der Waals surface area contributed by atoms with Crippen LogP contribution in [0.5, 0.6) is 11.6 Å². The molecule has 1 aromatic carbocycles. The zero-order valence-electron chi connectivity index (χ0n) is 13.4. The minimum atomic E-state index is -1.17. The summed E-state index contributed by atoms with van der Waals surface area (Å²) in [6.45, 7) is 2.65. The molecule has 0 saturated heterocycles. The Morgan fingerprint density at radius 1 is 1.40 bits per heavy atom. The maximum absolute atomic E-state index is 14.8. The molecule has 0 fully saturated rings. The number of aromatic nitrogens is 3. The van der Waals surface area contributed by atoms with Crippen LogP contribution < -0.4 is 10.1 Å². The maximum Gasteiger partial charge on any atom is 0.416 e. The lowest BCUT2D eigenvalue weighted by molar-refractivity contribution is 0.197. The monoisotopic (exact) mass is 342 g/mol. The molecule has 0 radical (unpaired) electrons. The number of carbonyl (C=O) groups is 1. The summed E-state index contributed by atoms with van der Waals surface area (Å²) in [7, 11) is 0. The summed E-state index contributed by atoms with van der Waals surface area (Å²) in [5, 5.41) is 12.6. The molecule has 0 bridgehead atoms. The number of nitrogens with one attached hydrogen (secondary N) is 1. The SMILES string of the molecule is C[C@@H]1Cc2c(ncnc2Oc2ccc3c(ccn3C(=O)O)c2F)CN1. The van der Waals surface area contributed by atoms with Gasteiger partial charge in [-0.2, -0.15) is 0 Å². The maximum atomic E-state index is 14.8. The van der Waals surface area contributed by atoms with Crippen LogP contribution in [0.3, 0.4) is 0 Å². The Kier molecular flexibility index (Phi) is 3.61. The number of benzene rings is 1.